The van der Waals surface area contributed by atoms with Gasteiger partial charge in [0.2, 0.25) is 0 Å². The molecule has 1 aliphatic heterocycles. The number of phenolic OH excluding ortho intramolecular Hbond substituents is 1. The van der Waals surface area contributed by atoms with Crippen LogP contribution < -0.4 is 14.2 Å². The van der Waals surface area contributed by atoms with Crippen LogP contribution in [0, 0.1) is 5.92 Å². The number of cyclic esters (lactones) is 1. The van der Waals surface area contributed by atoms with Crippen molar-refractivity contribution in [1.29, 1.82) is 0 Å². The maximum Gasteiger partial charge on any atom is 0.334 e. The number of aromatic hydroxyl groups is 1. The molecule has 142 valence electrons. The number of benzene rings is 2. The molecule has 1 fully saturated rings. The summed E-state index contributed by atoms with van der Waals surface area (Å²) in [5.74, 6) is 1.31. The molecule has 0 saturated carbocycles. The first kappa shape index (κ1) is 18.6. The lowest BCUT2D eigenvalue weighted by molar-refractivity contribution is -0.135. The fourth-order valence-corrected chi connectivity index (χ4v) is 3.12. The third-order valence-electron chi connectivity index (χ3n) is 4.55. The molecule has 0 unspecified atom stereocenters. The molecule has 0 spiro atoms. The van der Waals surface area contributed by atoms with Gasteiger partial charge in [0.15, 0.2) is 23.0 Å². The van der Waals surface area contributed by atoms with Gasteiger partial charge in [-0.2, -0.15) is 0 Å². The summed E-state index contributed by atoms with van der Waals surface area (Å²) in [6.45, 7) is 0.328. The SMILES string of the molecule is COc1cc(/C=C2\C(=O)OC[C@@H]2Cc2ccc(OC)c(OC)c2)ccc1O. The fraction of sp³-hybridized carbons (Fsp3) is 0.286. The monoisotopic (exact) mass is 370 g/mol. The van der Waals surface area contributed by atoms with E-state index in [-0.39, 0.29) is 17.6 Å². The predicted molar refractivity (Wildman–Crippen MR) is 100 cm³/mol. The van der Waals surface area contributed by atoms with Gasteiger partial charge < -0.3 is 24.1 Å². The highest BCUT2D eigenvalue weighted by molar-refractivity contribution is 5.96. The summed E-state index contributed by atoms with van der Waals surface area (Å²) in [5, 5.41) is 9.73. The van der Waals surface area contributed by atoms with E-state index in [2.05, 4.69) is 0 Å². The second-order valence-corrected chi connectivity index (χ2v) is 6.22. The Morgan fingerprint density at radius 3 is 2.48 bits per heavy atom. The van der Waals surface area contributed by atoms with Crippen LogP contribution >= 0.6 is 0 Å². The number of carbonyl (C=O) groups excluding carboxylic acids is 1. The molecule has 2 aromatic rings. The number of hydrogen-bond acceptors (Lipinski definition) is 6. The smallest absolute Gasteiger partial charge is 0.334 e. The van der Waals surface area contributed by atoms with Crippen molar-refractivity contribution in [2.45, 2.75) is 6.42 Å². The molecule has 1 N–H and O–H groups in total. The number of methoxy groups -OCH3 is 3. The van der Waals surface area contributed by atoms with Gasteiger partial charge in [-0.05, 0) is 47.9 Å². The highest BCUT2D eigenvalue weighted by atomic mass is 16.5. The minimum absolute atomic E-state index is 0.0514. The Labute approximate surface area is 157 Å². The Kier molecular flexibility index (Phi) is 5.54. The zero-order valence-corrected chi connectivity index (χ0v) is 15.5. The average molecular weight is 370 g/mol. The molecule has 6 heteroatoms. The lowest BCUT2D eigenvalue weighted by Gasteiger charge is -2.12. The van der Waals surface area contributed by atoms with Gasteiger partial charge in [0, 0.05) is 11.5 Å². The van der Waals surface area contributed by atoms with Crippen LogP contribution in [0.2, 0.25) is 0 Å². The highest BCUT2D eigenvalue weighted by Crippen LogP contribution is 2.33. The number of rotatable bonds is 6. The molecule has 1 saturated heterocycles. The van der Waals surface area contributed by atoms with Gasteiger partial charge in [-0.25, -0.2) is 4.79 Å². The maximum absolute atomic E-state index is 12.2. The van der Waals surface area contributed by atoms with Crippen LogP contribution in [0.1, 0.15) is 11.1 Å². The highest BCUT2D eigenvalue weighted by Gasteiger charge is 2.30. The summed E-state index contributed by atoms with van der Waals surface area (Å²) in [6.07, 6.45) is 2.41. The minimum atomic E-state index is -0.326. The summed E-state index contributed by atoms with van der Waals surface area (Å²) < 4.78 is 21.0. The molecule has 2 aromatic carbocycles. The maximum atomic E-state index is 12.2. The third kappa shape index (κ3) is 4.00. The van der Waals surface area contributed by atoms with Gasteiger partial charge in [-0.3, -0.25) is 0 Å². The Hall–Kier alpha value is -3.15. The zero-order valence-electron chi connectivity index (χ0n) is 15.5. The van der Waals surface area contributed by atoms with Crippen LogP contribution in [0.25, 0.3) is 6.08 Å². The van der Waals surface area contributed by atoms with Crippen molar-refractivity contribution < 1.29 is 28.8 Å². The van der Waals surface area contributed by atoms with Crippen molar-refractivity contribution in [2.75, 3.05) is 27.9 Å². The molecular formula is C21H22O6. The molecule has 6 nitrogen and oxygen atoms in total. The molecule has 1 aliphatic rings. The lowest BCUT2D eigenvalue weighted by atomic mass is 9.92. The molecule has 0 aromatic heterocycles. The zero-order chi connectivity index (χ0) is 19.4. The molecule has 1 atom stereocenters. The minimum Gasteiger partial charge on any atom is -0.504 e. The normalized spacial score (nSPS) is 17.7. The third-order valence-corrected chi connectivity index (χ3v) is 4.55. The second kappa shape index (κ2) is 8.03. The molecule has 0 bridgehead atoms. The van der Waals surface area contributed by atoms with Crippen molar-refractivity contribution in [1.82, 2.24) is 0 Å². The first-order chi connectivity index (χ1) is 13.0. The van der Waals surface area contributed by atoms with Gasteiger partial charge in [-0.15, -0.1) is 0 Å². The van der Waals surface area contributed by atoms with Crippen LogP contribution in [0.3, 0.4) is 0 Å². The summed E-state index contributed by atoms with van der Waals surface area (Å²) in [6, 6.07) is 10.6. The van der Waals surface area contributed by atoms with Crippen LogP contribution in [0.4, 0.5) is 0 Å². The second-order valence-electron chi connectivity index (χ2n) is 6.22. The topological polar surface area (TPSA) is 74.2 Å². The van der Waals surface area contributed by atoms with Gasteiger partial charge in [-0.1, -0.05) is 12.1 Å². The summed E-state index contributed by atoms with van der Waals surface area (Å²) in [4.78, 5) is 12.2. The van der Waals surface area contributed by atoms with Crippen LogP contribution in [-0.4, -0.2) is 39.0 Å². The number of carbonyl (C=O) groups is 1. The molecule has 27 heavy (non-hydrogen) atoms. The van der Waals surface area contributed by atoms with Crippen molar-refractivity contribution in [3.8, 4) is 23.0 Å². The molecule has 0 amide bonds. The van der Waals surface area contributed by atoms with E-state index in [0.29, 0.717) is 35.8 Å². The van der Waals surface area contributed by atoms with E-state index < -0.39 is 0 Å². The van der Waals surface area contributed by atoms with Crippen molar-refractivity contribution in [2.24, 2.45) is 5.92 Å². The number of hydrogen-bond donors (Lipinski definition) is 1. The van der Waals surface area contributed by atoms with E-state index in [0.717, 1.165) is 11.1 Å². The van der Waals surface area contributed by atoms with E-state index in [4.69, 9.17) is 18.9 Å². The van der Waals surface area contributed by atoms with Crippen LogP contribution in [0.15, 0.2) is 42.0 Å². The van der Waals surface area contributed by atoms with Crippen LogP contribution in [0.5, 0.6) is 23.0 Å². The van der Waals surface area contributed by atoms with Crippen molar-refractivity contribution >= 4 is 12.0 Å². The van der Waals surface area contributed by atoms with Crippen molar-refractivity contribution in [3.05, 3.63) is 53.1 Å². The number of ether oxygens (including phenoxy) is 4. The van der Waals surface area contributed by atoms with E-state index in [1.165, 1.54) is 13.2 Å². The van der Waals surface area contributed by atoms with E-state index >= 15 is 0 Å². The van der Waals surface area contributed by atoms with E-state index in [9.17, 15) is 9.90 Å². The molecular weight excluding hydrogens is 348 g/mol. The summed E-state index contributed by atoms with van der Waals surface area (Å²) in [5.41, 5.74) is 2.37. The Morgan fingerprint density at radius 1 is 1.04 bits per heavy atom. The Morgan fingerprint density at radius 2 is 1.78 bits per heavy atom. The Balaban J connectivity index is 1.86. The first-order valence-electron chi connectivity index (χ1n) is 8.52. The Bertz CT molecular complexity index is 871. The van der Waals surface area contributed by atoms with E-state index in [1.807, 2.05) is 18.2 Å². The predicted octanol–water partition coefficient (Wildman–Crippen LogP) is 3.22. The average Bonchev–Trinajstić information content (AvgIpc) is 3.02. The molecule has 1 heterocycles. The summed E-state index contributed by atoms with van der Waals surface area (Å²) in [7, 11) is 4.66. The van der Waals surface area contributed by atoms with Gasteiger partial charge >= 0.3 is 5.97 Å². The van der Waals surface area contributed by atoms with Crippen LogP contribution in [-0.2, 0) is 16.0 Å². The molecule has 3 rings (SSSR count). The standard InChI is InChI=1S/C21H22O6/c1-24-18-7-5-13(11-20(18)26-3)8-15-12-27-21(23)16(15)9-14-4-6-17(22)19(10-14)25-2/h4-7,9-11,15,22H,8,12H2,1-3H3/b16-9-/t15-/m0/s1. The van der Waals surface area contributed by atoms with Gasteiger partial charge in [0.25, 0.3) is 0 Å². The number of phenols is 1. The molecule has 0 radical (unpaired) electrons. The molecule has 0 aliphatic carbocycles. The lowest BCUT2D eigenvalue weighted by Crippen LogP contribution is -2.08. The summed E-state index contributed by atoms with van der Waals surface area (Å²) >= 11 is 0. The van der Waals surface area contributed by atoms with Crippen molar-refractivity contribution in [3.63, 3.8) is 0 Å². The fourth-order valence-electron chi connectivity index (χ4n) is 3.12. The van der Waals surface area contributed by atoms with Gasteiger partial charge in [0.1, 0.15) is 0 Å². The largest absolute Gasteiger partial charge is 0.504 e. The number of esters is 1. The quantitative estimate of drug-likeness (QED) is 0.622. The first-order valence-corrected chi connectivity index (χ1v) is 8.52. The van der Waals surface area contributed by atoms with E-state index in [1.54, 1.807) is 32.4 Å². The van der Waals surface area contributed by atoms with Gasteiger partial charge in [0.05, 0.1) is 27.9 Å².